The maximum Gasteiger partial charge on any atom is 0.271 e. The molecule has 0 unspecified atom stereocenters. The molecule has 4 bridgehead atoms. The normalized spacial score (nSPS) is 26.5. The molecule has 0 atom stereocenters. The minimum absolute atomic E-state index is 0.0412. The molecular formula is C26H24N6O3S. The molecule has 36 heavy (non-hydrogen) atoms. The molecule has 4 aliphatic carbocycles. The number of nitriles is 1. The van der Waals surface area contributed by atoms with Gasteiger partial charge in [-0.3, -0.25) is 20.2 Å². The van der Waals surface area contributed by atoms with Gasteiger partial charge in [-0.15, -0.1) is 10.2 Å². The number of nitro benzene ring substituents is 1. The van der Waals surface area contributed by atoms with Crippen LogP contribution in [0.25, 0.3) is 11.8 Å². The van der Waals surface area contributed by atoms with Gasteiger partial charge in [-0.05, 0) is 80.6 Å². The van der Waals surface area contributed by atoms with E-state index in [1.807, 2.05) is 6.07 Å². The summed E-state index contributed by atoms with van der Waals surface area (Å²) in [6.45, 7) is 0. The first-order valence-corrected chi connectivity index (χ1v) is 12.9. The number of nitro groups is 1. The van der Waals surface area contributed by atoms with Crippen LogP contribution in [0, 0.1) is 39.2 Å². The Morgan fingerprint density at radius 3 is 2.56 bits per heavy atom. The fourth-order valence-electron chi connectivity index (χ4n) is 6.82. The number of nitrogens with zero attached hydrogens (tertiary/aromatic N) is 5. The standard InChI is InChI=1S/C26H24N6O3S/c27-15-19(10-20-5-2-6-31(20)21-3-1-4-22(11-21)32(34)35)23(33)28-25-30-29-24(36-25)26-12-16-7-17(13-26)9-18(8-16)14-26/h1-6,10-11,16-18H,7-9,12-14H2,(H,28,30,33)/b19-10-. The van der Waals surface area contributed by atoms with E-state index >= 15 is 0 Å². The fraction of sp³-hybridized carbons (Fsp3) is 0.385. The number of carbonyl (C=O) groups excluding carboxylic acids is 1. The molecule has 9 nitrogen and oxygen atoms in total. The fourth-order valence-corrected chi connectivity index (χ4v) is 7.78. The lowest BCUT2D eigenvalue weighted by Crippen LogP contribution is -2.48. The van der Waals surface area contributed by atoms with Crippen molar-refractivity contribution in [3.05, 3.63) is 69.0 Å². The number of benzene rings is 1. The van der Waals surface area contributed by atoms with Crippen LogP contribution in [0.3, 0.4) is 0 Å². The van der Waals surface area contributed by atoms with E-state index in [1.54, 1.807) is 35.0 Å². The number of amides is 1. The zero-order valence-electron chi connectivity index (χ0n) is 19.5. The van der Waals surface area contributed by atoms with Crippen molar-refractivity contribution in [1.82, 2.24) is 14.8 Å². The monoisotopic (exact) mass is 500 g/mol. The molecule has 182 valence electrons. The summed E-state index contributed by atoms with van der Waals surface area (Å²) in [5.41, 5.74) is 1.08. The van der Waals surface area contributed by atoms with Gasteiger partial charge >= 0.3 is 0 Å². The van der Waals surface area contributed by atoms with Crippen LogP contribution in [0.4, 0.5) is 10.8 Å². The van der Waals surface area contributed by atoms with E-state index in [9.17, 15) is 20.2 Å². The highest BCUT2D eigenvalue weighted by molar-refractivity contribution is 7.15. The predicted molar refractivity (Wildman–Crippen MR) is 134 cm³/mol. The second kappa shape index (κ2) is 8.68. The lowest BCUT2D eigenvalue weighted by Gasteiger charge is -2.55. The summed E-state index contributed by atoms with van der Waals surface area (Å²) in [5, 5.41) is 33.8. The van der Waals surface area contributed by atoms with Gasteiger partial charge in [-0.25, -0.2) is 0 Å². The maximum absolute atomic E-state index is 13.0. The zero-order chi connectivity index (χ0) is 24.9. The molecule has 10 heteroatoms. The molecule has 3 aromatic rings. The first kappa shape index (κ1) is 22.6. The number of nitrogens with one attached hydrogen (secondary N) is 1. The number of anilines is 1. The van der Waals surface area contributed by atoms with E-state index in [-0.39, 0.29) is 16.7 Å². The summed E-state index contributed by atoms with van der Waals surface area (Å²) < 4.78 is 1.69. The third-order valence-electron chi connectivity index (χ3n) is 7.89. The number of non-ortho nitro benzene ring substituents is 1. The summed E-state index contributed by atoms with van der Waals surface area (Å²) in [4.78, 5) is 23.6. The summed E-state index contributed by atoms with van der Waals surface area (Å²) in [6.07, 6.45) is 10.7. The lowest BCUT2D eigenvalue weighted by atomic mass is 9.50. The lowest BCUT2D eigenvalue weighted by molar-refractivity contribution is -0.384. The summed E-state index contributed by atoms with van der Waals surface area (Å²) in [7, 11) is 0. The van der Waals surface area contributed by atoms with E-state index < -0.39 is 10.8 Å². The van der Waals surface area contributed by atoms with Crippen LogP contribution in [0.15, 0.2) is 48.2 Å². The molecule has 4 aliphatic rings. The topological polar surface area (TPSA) is 127 Å². The first-order valence-electron chi connectivity index (χ1n) is 12.1. The molecule has 2 heterocycles. The van der Waals surface area contributed by atoms with Crippen LogP contribution in [-0.4, -0.2) is 25.6 Å². The number of rotatable bonds is 6. The molecule has 4 saturated carbocycles. The first-order chi connectivity index (χ1) is 17.4. The molecule has 4 fully saturated rings. The van der Waals surface area contributed by atoms with E-state index in [0.29, 0.717) is 16.5 Å². The van der Waals surface area contributed by atoms with Crippen molar-refractivity contribution in [1.29, 1.82) is 5.26 Å². The molecule has 0 aliphatic heterocycles. The number of carbonyl (C=O) groups is 1. The van der Waals surface area contributed by atoms with Crippen LogP contribution >= 0.6 is 11.3 Å². The highest BCUT2D eigenvalue weighted by Gasteiger charge is 2.53. The molecule has 0 spiro atoms. The Labute approximate surface area is 211 Å². The van der Waals surface area contributed by atoms with Crippen LogP contribution in [0.5, 0.6) is 0 Å². The van der Waals surface area contributed by atoms with Gasteiger partial charge < -0.3 is 4.57 Å². The van der Waals surface area contributed by atoms with Crippen molar-refractivity contribution in [2.75, 3.05) is 5.32 Å². The Bertz CT molecular complexity index is 1400. The van der Waals surface area contributed by atoms with Gasteiger partial charge in [0.1, 0.15) is 16.6 Å². The van der Waals surface area contributed by atoms with Crippen molar-refractivity contribution in [3.63, 3.8) is 0 Å². The Kier molecular flexibility index (Phi) is 5.45. The quantitative estimate of drug-likeness (QED) is 0.213. The van der Waals surface area contributed by atoms with E-state index in [2.05, 4.69) is 15.5 Å². The maximum atomic E-state index is 13.0. The van der Waals surface area contributed by atoms with Crippen molar-refractivity contribution in [2.24, 2.45) is 17.8 Å². The molecule has 1 amide bonds. The smallest absolute Gasteiger partial charge is 0.271 e. The van der Waals surface area contributed by atoms with Gasteiger partial charge in [-0.2, -0.15) is 5.26 Å². The number of aromatic nitrogens is 3. The van der Waals surface area contributed by atoms with Gasteiger partial charge in [0.25, 0.3) is 11.6 Å². The predicted octanol–water partition coefficient (Wildman–Crippen LogP) is 5.25. The molecule has 7 rings (SSSR count). The second-order valence-corrected chi connectivity index (χ2v) is 11.3. The highest BCUT2D eigenvalue weighted by Crippen LogP contribution is 2.61. The minimum Gasteiger partial charge on any atom is -0.317 e. The van der Waals surface area contributed by atoms with Crippen molar-refractivity contribution in [3.8, 4) is 11.8 Å². The van der Waals surface area contributed by atoms with E-state index in [4.69, 9.17) is 0 Å². The van der Waals surface area contributed by atoms with Gasteiger partial charge in [0.2, 0.25) is 5.13 Å². The van der Waals surface area contributed by atoms with Crippen molar-refractivity contribution >= 4 is 34.1 Å². The van der Waals surface area contributed by atoms with Crippen molar-refractivity contribution in [2.45, 2.75) is 43.9 Å². The Morgan fingerprint density at radius 1 is 1.17 bits per heavy atom. The van der Waals surface area contributed by atoms with E-state index in [0.717, 1.165) is 22.8 Å². The number of hydrogen-bond donors (Lipinski definition) is 1. The molecule has 0 radical (unpaired) electrons. The van der Waals surface area contributed by atoms with Gasteiger partial charge in [0, 0.05) is 29.4 Å². The number of hydrogen-bond acceptors (Lipinski definition) is 7. The van der Waals surface area contributed by atoms with Crippen LogP contribution in [0.2, 0.25) is 0 Å². The Balaban J connectivity index is 1.21. The highest BCUT2D eigenvalue weighted by atomic mass is 32.1. The van der Waals surface area contributed by atoms with Crippen LogP contribution in [0.1, 0.15) is 49.2 Å². The molecule has 0 saturated heterocycles. The minimum atomic E-state index is -0.558. The zero-order valence-corrected chi connectivity index (χ0v) is 20.3. The SMILES string of the molecule is N#C/C(=C/c1cccn1-c1cccc([N+](=O)[O-])c1)C(=O)Nc1nnc(C23CC4CC(CC(C4)C2)C3)s1. The Morgan fingerprint density at radius 2 is 1.89 bits per heavy atom. The summed E-state index contributed by atoms with van der Waals surface area (Å²) in [6, 6.07) is 11.6. The molecule has 1 N–H and O–H groups in total. The third-order valence-corrected chi connectivity index (χ3v) is 8.98. The van der Waals surface area contributed by atoms with Gasteiger partial charge in [0.15, 0.2) is 0 Å². The third kappa shape index (κ3) is 3.99. The van der Waals surface area contributed by atoms with E-state index in [1.165, 1.54) is 68.1 Å². The average molecular weight is 501 g/mol. The van der Waals surface area contributed by atoms with Gasteiger partial charge in [-0.1, -0.05) is 17.4 Å². The molecule has 1 aromatic carbocycles. The molecular weight excluding hydrogens is 476 g/mol. The van der Waals surface area contributed by atoms with Crippen LogP contribution < -0.4 is 5.32 Å². The average Bonchev–Trinajstić information content (AvgIpc) is 3.52. The van der Waals surface area contributed by atoms with Crippen molar-refractivity contribution < 1.29 is 9.72 Å². The summed E-state index contributed by atoms with van der Waals surface area (Å²) in [5.74, 6) is 1.80. The summed E-state index contributed by atoms with van der Waals surface area (Å²) >= 11 is 1.43. The Hall–Kier alpha value is -3.84. The van der Waals surface area contributed by atoms with Gasteiger partial charge in [0.05, 0.1) is 10.6 Å². The second-order valence-electron chi connectivity index (χ2n) is 10.3. The van der Waals surface area contributed by atoms with Crippen LogP contribution in [-0.2, 0) is 10.2 Å². The largest absolute Gasteiger partial charge is 0.317 e. The molecule has 2 aromatic heterocycles.